The number of amidine groups is 1. The molecule has 0 radical (unpaired) electrons. The number of carbonyl (C=O) groups excluding carboxylic acids is 1. The van der Waals surface area contributed by atoms with Gasteiger partial charge in [-0.1, -0.05) is 23.9 Å². The van der Waals surface area contributed by atoms with E-state index in [9.17, 15) is 4.79 Å². The molecule has 3 atom stereocenters. The Bertz CT molecular complexity index is 970. The molecule has 1 saturated heterocycles. The third kappa shape index (κ3) is 3.60. The van der Waals surface area contributed by atoms with Gasteiger partial charge >= 0.3 is 0 Å². The Morgan fingerprint density at radius 2 is 2.21 bits per heavy atom. The number of carbonyl (C=O) groups is 1. The van der Waals surface area contributed by atoms with E-state index in [-0.39, 0.29) is 30.6 Å². The predicted molar refractivity (Wildman–Crippen MR) is 111 cm³/mol. The van der Waals surface area contributed by atoms with Crippen LogP contribution in [0, 0.1) is 6.92 Å². The summed E-state index contributed by atoms with van der Waals surface area (Å²) in [5.74, 6) is -0.180. The molecule has 0 saturated carbocycles. The number of aryl methyl sites for hydroxylation is 1. The first-order chi connectivity index (χ1) is 13.8. The number of nitrogens with one attached hydrogen (secondary N) is 1. The van der Waals surface area contributed by atoms with Crippen molar-refractivity contribution in [2.75, 3.05) is 17.7 Å². The van der Waals surface area contributed by atoms with Gasteiger partial charge in [-0.3, -0.25) is 9.78 Å². The number of hydrogen-bond donors (Lipinski definition) is 2. The molecule has 4 rings (SSSR count). The SMILES string of the molecule is Cc1cnc(C(=O)Nc2cccc([C@]34CO[C@@H](C)C[C@@]3(F)CSC(N)=N4)c2)cn1. The molecule has 0 unspecified atom stereocenters. The maximum Gasteiger partial charge on any atom is 0.275 e. The molecule has 0 bridgehead atoms. The van der Waals surface area contributed by atoms with Gasteiger partial charge in [-0.25, -0.2) is 14.4 Å². The number of benzene rings is 1. The van der Waals surface area contributed by atoms with Gasteiger partial charge in [0.2, 0.25) is 0 Å². The lowest BCUT2D eigenvalue weighted by Crippen LogP contribution is -2.60. The Kier molecular flexibility index (Phi) is 5.04. The lowest BCUT2D eigenvalue weighted by molar-refractivity contribution is -0.106. The van der Waals surface area contributed by atoms with Gasteiger partial charge < -0.3 is 15.8 Å². The molecule has 152 valence electrons. The van der Waals surface area contributed by atoms with E-state index in [0.717, 1.165) is 5.69 Å². The standard InChI is InChI=1S/C20H22FN5O2S/c1-12-8-24-16(9-23-12)17(27)25-15-5-3-4-14(6-15)20-10-28-13(2)7-19(20,21)11-29-18(22)26-20/h3-6,8-9,13H,7,10-11H2,1-2H3,(H2,22,26)(H,25,27)/t13-,19+,20+/m0/s1. The summed E-state index contributed by atoms with van der Waals surface area (Å²) < 4.78 is 21.9. The predicted octanol–water partition coefficient (Wildman–Crippen LogP) is 2.81. The van der Waals surface area contributed by atoms with Crippen LogP contribution in [0.15, 0.2) is 41.7 Å². The van der Waals surface area contributed by atoms with Crippen molar-refractivity contribution in [3.8, 4) is 0 Å². The second-order valence-corrected chi connectivity index (χ2v) is 8.46. The number of alkyl halides is 1. The van der Waals surface area contributed by atoms with Crippen molar-refractivity contribution < 1.29 is 13.9 Å². The maximum atomic E-state index is 16.1. The number of thioether (sulfide) groups is 1. The third-order valence-corrected chi connectivity index (χ3v) is 6.28. The van der Waals surface area contributed by atoms with E-state index in [1.807, 2.05) is 6.92 Å². The van der Waals surface area contributed by atoms with Crippen molar-refractivity contribution in [2.45, 2.75) is 37.6 Å². The van der Waals surface area contributed by atoms with Crippen LogP contribution in [0.1, 0.15) is 35.1 Å². The Morgan fingerprint density at radius 1 is 1.38 bits per heavy atom. The zero-order valence-corrected chi connectivity index (χ0v) is 17.0. The highest BCUT2D eigenvalue weighted by Crippen LogP contribution is 2.51. The number of fused-ring (bicyclic) bond motifs is 1. The zero-order chi connectivity index (χ0) is 20.6. The fourth-order valence-corrected chi connectivity index (χ4v) is 4.71. The first-order valence-electron chi connectivity index (χ1n) is 9.30. The van der Waals surface area contributed by atoms with Crippen LogP contribution in [0.25, 0.3) is 0 Å². The Labute approximate surface area is 172 Å². The molecule has 2 aromatic rings. The average molecular weight is 415 g/mol. The van der Waals surface area contributed by atoms with Crippen LogP contribution >= 0.6 is 11.8 Å². The van der Waals surface area contributed by atoms with Gasteiger partial charge in [0.25, 0.3) is 5.91 Å². The number of aliphatic imine (C=N–C) groups is 1. The average Bonchev–Trinajstić information content (AvgIpc) is 2.69. The van der Waals surface area contributed by atoms with Crippen LogP contribution in [0.5, 0.6) is 0 Å². The second-order valence-electron chi connectivity index (χ2n) is 7.47. The molecule has 3 N–H and O–H groups in total. The van der Waals surface area contributed by atoms with Crippen molar-refractivity contribution in [1.29, 1.82) is 0 Å². The molecule has 29 heavy (non-hydrogen) atoms. The minimum absolute atomic E-state index is 0.0900. The number of nitrogens with two attached hydrogens (primary N) is 1. The normalized spacial score (nSPS) is 28.9. The monoisotopic (exact) mass is 415 g/mol. The van der Waals surface area contributed by atoms with E-state index in [1.54, 1.807) is 31.2 Å². The molecule has 0 aliphatic carbocycles. The number of halogens is 1. The van der Waals surface area contributed by atoms with Crippen LogP contribution in [-0.4, -0.2) is 45.2 Å². The fourth-order valence-electron chi connectivity index (χ4n) is 3.76. The maximum absolute atomic E-state index is 16.1. The molecule has 2 aliphatic rings. The molecule has 1 aromatic heterocycles. The first-order valence-corrected chi connectivity index (χ1v) is 10.3. The van der Waals surface area contributed by atoms with Gasteiger partial charge in [0.05, 0.1) is 24.6 Å². The van der Waals surface area contributed by atoms with Gasteiger partial charge in [0, 0.05) is 24.1 Å². The summed E-state index contributed by atoms with van der Waals surface area (Å²) in [4.78, 5) is 25.2. The summed E-state index contributed by atoms with van der Waals surface area (Å²) in [5, 5.41) is 3.13. The Hall–Kier alpha value is -2.52. The lowest BCUT2D eigenvalue weighted by atomic mass is 9.73. The quantitative estimate of drug-likeness (QED) is 0.799. The molecule has 1 fully saturated rings. The van der Waals surface area contributed by atoms with Crippen LogP contribution in [0.4, 0.5) is 10.1 Å². The van der Waals surface area contributed by atoms with E-state index in [1.165, 1.54) is 24.2 Å². The summed E-state index contributed by atoms with van der Waals surface area (Å²) in [5.41, 5.74) is 5.19. The topological polar surface area (TPSA) is 102 Å². The van der Waals surface area contributed by atoms with Crippen molar-refractivity contribution in [2.24, 2.45) is 10.7 Å². The van der Waals surface area contributed by atoms with E-state index in [2.05, 4.69) is 20.3 Å². The number of ether oxygens (including phenoxy) is 1. The molecular formula is C20H22FN5O2S. The fraction of sp³-hybridized carbons (Fsp3) is 0.400. The van der Waals surface area contributed by atoms with Gasteiger partial charge in [-0.15, -0.1) is 0 Å². The molecule has 0 spiro atoms. The van der Waals surface area contributed by atoms with Gasteiger partial charge in [-0.2, -0.15) is 0 Å². The first kappa shape index (κ1) is 19.8. The second kappa shape index (κ2) is 7.38. The van der Waals surface area contributed by atoms with Crippen molar-refractivity contribution >= 4 is 28.5 Å². The van der Waals surface area contributed by atoms with E-state index in [0.29, 0.717) is 16.4 Å². The number of rotatable bonds is 3. The van der Waals surface area contributed by atoms with Crippen LogP contribution < -0.4 is 11.1 Å². The summed E-state index contributed by atoms with van der Waals surface area (Å²) >= 11 is 1.22. The molecule has 9 heteroatoms. The minimum atomic E-state index is -1.59. The number of nitrogens with zero attached hydrogens (tertiary/aromatic N) is 3. The lowest BCUT2D eigenvalue weighted by Gasteiger charge is -2.49. The summed E-state index contributed by atoms with van der Waals surface area (Å²) in [6, 6.07) is 7.00. The highest BCUT2D eigenvalue weighted by atomic mass is 32.2. The number of anilines is 1. The van der Waals surface area contributed by atoms with Crippen molar-refractivity contribution in [1.82, 2.24) is 9.97 Å². The number of hydrogen-bond acceptors (Lipinski definition) is 7. The Balaban J connectivity index is 1.67. The molecule has 1 amide bonds. The summed E-state index contributed by atoms with van der Waals surface area (Å²) in [7, 11) is 0. The summed E-state index contributed by atoms with van der Waals surface area (Å²) in [6.45, 7) is 3.74. The Morgan fingerprint density at radius 3 is 2.97 bits per heavy atom. The largest absolute Gasteiger partial charge is 0.379 e. The van der Waals surface area contributed by atoms with Crippen molar-refractivity contribution in [3.05, 3.63) is 53.6 Å². The summed E-state index contributed by atoms with van der Waals surface area (Å²) in [6.07, 6.45) is 2.97. The van der Waals surface area contributed by atoms with E-state index >= 15 is 4.39 Å². The molecular weight excluding hydrogens is 393 g/mol. The third-order valence-electron chi connectivity index (χ3n) is 5.29. The highest BCUT2D eigenvalue weighted by molar-refractivity contribution is 8.13. The highest BCUT2D eigenvalue weighted by Gasteiger charge is 2.59. The van der Waals surface area contributed by atoms with Crippen LogP contribution in [0.3, 0.4) is 0 Å². The van der Waals surface area contributed by atoms with Gasteiger partial charge in [0.1, 0.15) is 11.2 Å². The zero-order valence-electron chi connectivity index (χ0n) is 16.2. The van der Waals surface area contributed by atoms with E-state index < -0.39 is 17.1 Å². The molecule has 7 nitrogen and oxygen atoms in total. The smallest absolute Gasteiger partial charge is 0.275 e. The van der Waals surface area contributed by atoms with Gasteiger partial charge in [-0.05, 0) is 31.5 Å². The van der Waals surface area contributed by atoms with Gasteiger partial charge in [0.15, 0.2) is 10.8 Å². The minimum Gasteiger partial charge on any atom is -0.379 e. The van der Waals surface area contributed by atoms with Crippen LogP contribution in [0.2, 0.25) is 0 Å². The van der Waals surface area contributed by atoms with E-state index in [4.69, 9.17) is 10.5 Å². The molecule has 3 heterocycles. The van der Waals surface area contributed by atoms with Crippen LogP contribution in [-0.2, 0) is 10.3 Å². The molecule has 1 aromatic carbocycles. The number of amides is 1. The molecule has 2 aliphatic heterocycles. The number of aromatic nitrogens is 2. The van der Waals surface area contributed by atoms with Crippen molar-refractivity contribution in [3.63, 3.8) is 0 Å².